The maximum atomic E-state index is 13.4. The third-order valence-corrected chi connectivity index (χ3v) is 7.38. The van der Waals surface area contributed by atoms with Gasteiger partial charge in [0.2, 0.25) is 11.5 Å². The van der Waals surface area contributed by atoms with Gasteiger partial charge in [-0.25, -0.2) is 0 Å². The topological polar surface area (TPSA) is 78.0 Å². The molecule has 0 bridgehead atoms. The van der Waals surface area contributed by atoms with Gasteiger partial charge in [0.25, 0.3) is 5.71 Å². The Morgan fingerprint density at radius 3 is 2.11 bits per heavy atom. The fourth-order valence-electron chi connectivity index (χ4n) is 5.57. The molecule has 0 aliphatic heterocycles. The van der Waals surface area contributed by atoms with Crippen LogP contribution in [-0.2, 0) is 0 Å². The summed E-state index contributed by atoms with van der Waals surface area (Å²) in [4.78, 5) is 36.3. The van der Waals surface area contributed by atoms with Crippen LogP contribution in [0.4, 0.5) is 0 Å². The number of hydrogen-bond acceptors (Lipinski definition) is 5. The van der Waals surface area contributed by atoms with Crippen LogP contribution < -0.4 is 0 Å². The summed E-state index contributed by atoms with van der Waals surface area (Å²) < 4.78 is 8.14. The highest BCUT2D eigenvalue weighted by atomic mass is 16.4. The molecule has 6 nitrogen and oxygen atoms in total. The number of aromatic nitrogens is 3. The van der Waals surface area contributed by atoms with E-state index in [0.717, 1.165) is 42.0 Å². The number of nitrogens with zero attached hydrogens (tertiary/aromatic N) is 3. The summed E-state index contributed by atoms with van der Waals surface area (Å²) in [5.74, 6) is 0.558. The summed E-state index contributed by atoms with van der Waals surface area (Å²) in [6, 6.07) is 21.3. The fraction of sp³-hybridized carbons (Fsp3) is 0.200. The number of imidazole rings is 1. The van der Waals surface area contributed by atoms with Crippen LogP contribution in [0, 0.1) is 0 Å². The molecule has 0 saturated heterocycles. The number of Topliss-reactive ketones (excluding diaryl/α,β-unsaturated/α-hetero) is 2. The Labute approximate surface area is 207 Å². The van der Waals surface area contributed by atoms with Crippen LogP contribution in [0.5, 0.6) is 0 Å². The molecular weight excluding hydrogens is 450 g/mol. The highest BCUT2D eigenvalue weighted by Gasteiger charge is 2.35. The lowest BCUT2D eigenvalue weighted by atomic mass is 9.95. The second kappa shape index (κ2) is 8.12. The molecule has 3 aromatic carbocycles. The first-order valence-electron chi connectivity index (χ1n) is 12.5. The highest BCUT2D eigenvalue weighted by molar-refractivity contribution is 6.42. The molecule has 2 aliphatic carbocycles. The van der Waals surface area contributed by atoms with Crippen LogP contribution in [0.15, 0.2) is 76.7 Å². The van der Waals surface area contributed by atoms with Crippen molar-refractivity contribution in [2.45, 2.75) is 38.1 Å². The second-order valence-electron chi connectivity index (χ2n) is 9.61. The number of carbonyl (C=O) groups is 2. The largest absolute Gasteiger partial charge is 0.416 e. The van der Waals surface area contributed by atoms with Crippen LogP contribution in [0.2, 0.25) is 0 Å². The van der Waals surface area contributed by atoms with Crippen molar-refractivity contribution in [1.29, 1.82) is 0 Å². The van der Waals surface area contributed by atoms with Crippen LogP contribution in [-0.4, -0.2) is 26.1 Å². The van der Waals surface area contributed by atoms with Crippen molar-refractivity contribution in [2.75, 3.05) is 0 Å². The number of hydrogen-bond donors (Lipinski definition) is 0. The number of rotatable bonds is 3. The number of carbonyl (C=O) groups excluding carboxylic acids is 2. The lowest BCUT2D eigenvalue weighted by Crippen LogP contribution is -2.15. The number of oxazole rings is 1. The summed E-state index contributed by atoms with van der Waals surface area (Å²) in [6.45, 7) is 0. The zero-order chi connectivity index (χ0) is 24.2. The molecule has 36 heavy (non-hydrogen) atoms. The molecule has 0 N–H and O–H groups in total. The Bertz CT molecular complexity index is 1650. The minimum absolute atomic E-state index is 0.147. The van der Waals surface area contributed by atoms with Crippen molar-refractivity contribution in [3.05, 3.63) is 89.3 Å². The Hall–Kier alpha value is -4.32. The van der Waals surface area contributed by atoms with Gasteiger partial charge in [0.1, 0.15) is 5.82 Å². The molecule has 0 spiro atoms. The van der Waals surface area contributed by atoms with Crippen molar-refractivity contribution in [2.24, 2.45) is 0 Å². The second-order valence-corrected chi connectivity index (χ2v) is 9.61. The average Bonchev–Trinajstić information content (AvgIpc) is 3.55. The lowest BCUT2D eigenvalue weighted by molar-refractivity contribution is 0.0990. The van der Waals surface area contributed by atoms with Gasteiger partial charge in [-0.05, 0) is 54.0 Å². The van der Waals surface area contributed by atoms with E-state index >= 15 is 0 Å². The smallest absolute Gasteiger partial charge is 0.267 e. The summed E-state index contributed by atoms with van der Waals surface area (Å²) in [6.07, 6.45) is 7.10. The molecule has 176 valence electrons. The summed E-state index contributed by atoms with van der Waals surface area (Å²) in [5.41, 5.74) is 3.02. The van der Waals surface area contributed by atoms with E-state index in [-0.39, 0.29) is 23.2 Å². The van der Waals surface area contributed by atoms with E-state index in [9.17, 15) is 9.59 Å². The molecule has 2 aromatic heterocycles. The van der Waals surface area contributed by atoms with E-state index in [0.29, 0.717) is 34.2 Å². The van der Waals surface area contributed by atoms with E-state index in [2.05, 4.69) is 4.57 Å². The zero-order valence-electron chi connectivity index (χ0n) is 19.6. The van der Waals surface area contributed by atoms with Crippen molar-refractivity contribution < 1.29 is 14.0 Å². The average molecular weight is 474 g/mol. The molecule has 0 amide bonds. The van der Waals surface area contributed by atoms with E-state index in [1.54, 1.807) is 6.08 Å². The van der Waals surface area contributed by atoms with Crippen molar-refractivity contribution >= 4 is 39.8 Å². The molecule has 0 unspecified atom stereocenters. The third kappa shape index (κ3) is 3.25. The zero-order valence-corrected chi connectivity index (χ0v) is 19.6. The molecule has 1 fully saturated rings. The third-order valence-electron chi connectivity index (χ3n) is 7.38. The van der Waals surface area contributed by atoms with E-state index in [1.165, 1.54) is 6.42 Å². The van der Waals surface area contributed by atoms with Crippen molar-refractivity contribution in [3.8, 4) is 11.5 Å². The Kier molecular flexibility index (Phi) is 4.74. The van der Waals surface area contributed by atoms with Crippen LogP contribution >= 0.6 is 0 Å². The summed E-state index contributed by atoms with van der Waals surface area (Å²) in [7, 11) is 0. The first-order chi connectivity index (χ1) is 17.7. The number of fused-ring (bicyclic) bond motifs is 3. The van der Waals surface area contributed by atoms with Gasteiger partial charge in [-0.1, -0.05) is 61.7 Å². The molecular formula is C30H23N3O3. The number of allylic oxidation sites excluding steroid dienone is 1. The number of ketones is 2. The van der Waals surface area contributed by atoms with Gasteiger partial charge in [0.05, 0.1) is 5.57 Å². The van der Waals surface area contributed by atoms with Crippen LogP contribution in [0.3, 0.4) is 0 Å². The summed E-state index contributed by atoms with van der Waals surface area (Å²) in [5, 5.41) is 1.88. The molecule has 0 radical (unpaired) electrons. The lowest BCUT2D eigenvalue weighted by Gasteiger charge is -2.24. The fourth-order valence-corrected chi connectivity index (χ4v) is 5.57. The van der Waals surface area contributed by atoms with Gasteiger partial charge in [-0.3, -0.25) is 9.59 Å². The SMILES string of the molecule is O=C1C(=Cc2nc3oc(-c4ccccc4)nc3n2C2CCCCC2)C(=O)c2cc3ccccc3cc21. The Morgan fingerprint density at radius 2 is 1.44 bits per heavy atom. The monoisotopic (exact) mass is 473 g/mol. The molecule has 5 aromatic rings. The maximum absolute atomic E-state index is 13.4. The standard InChI is InChI=1S/C30H23N3O3/c34-26-22-15-19-11-7-8-12-20(19)16-23(22)27(35)24(26)17-25-31-30-28(33(25)21-13-5-2-6-14-21)32-29(36-30)18-9-3-1-4-10-18/h1,3-4,7-12,15-17,21H,2,5-6,13-14H2. The quantitative estimate of drug-likeness (QED) is 0.212. The Balaban J connectivity index is 1.36. The molecule has 2 heterocycles. The van der Waals surface area contributed by atoms with Gasteiger partial charge in [-0.2, -0.15) is 9.97 Å². The van der Waals surface area contributed by atoms with Gasteiger partial charge < -0.3 is 8.98 Å². The molecule has 1 saturated carbocycles. The van der Waals surface area contributed by atoms with Gasteiger partial charge in [0, 0.05) is 22.7 Å². The van der Waals surface area contributed by atoms with Gasteiger partial charge in [0.15, 0.2) is 11.6 Å². The molecule has 6 heteroatoms. The van der Waals surface area contributed by atoms with Gasteiger partial charge in [-0.15, -0.1) is 0 Å². The molecule has 7 rings (SSSR count). The first-order valence-corrected chi connectivity index (χ1v) is 12.5. The van der Waals surface area contributed by atoms with E-state index in [1.807, 2.05) is 66.7 Å². The normalized spacial score (nSPS) is 16.3. The minimum atomic E-state index is -0.256. The predicted octanol–water partition coefficient (Wildman–Crippen LogP) is 6.81. The minimum Gasteiger partial charge on any atom is -0.416 e. The predicted molar refractivity (Wildman–Crippen MR) is 138 cm³/mol. The Morgan fingerprint density at radius 1 is 0.806 bits per heavy atom. The van der Waals surface area contributed by atoms with E-state index in [4.69, 9.17) is 14.4 Å². The number of benzene rings is 3. The van der Waals surface area contributed by atoms with Crippen molar-refractivity contribution in [3.63, 3.8) is 0 Å². The molecule has 2 aliphatic rings. The van der Waals surface area contributed by atoms with Crippen LogP contribution in [0.1, 0.15) is 64.7 Å². The van der Waals surface area contributed by atoms with Crippen molar-refractivity contribution in [1.82, 2.24) is 14.5 Å². The van der Waals surface area contributed by atoms with Crippen LogP contribution in [0.25, 0.3) is 39.7 Å². The van der Waals surface area contributed by atoms with E-state index < -0.39 is 0 Å². The van der Waals surface area contributed by atoms with Gasteiger partial charge >= 0.3 is 0 Å². The highest BCUT2D eigenvalue weighted by Crippen LogP contribution is 2.36. The summed E-state index contributed by atoms with van der Waals surface area (Å²) >= 11 is 0. The first kappa shape index (κ1) is 21.0. The maximum Gasteiger partial charge on any atom is 0.267 e. The molecule has 0 atom stereocenters.